The van der Waals surface area contributed by atoms with Gasteiger partial charge >= 0.3 is 6.09 Å². The summed E-state index contributed by atoms with van der Waals surface area (Å²) in [5.41, 5.74) is 0.972. The van der Waals surface area contributed by atoms with Crippen LogP contribution >= 0.6 is 0 Å². The van der Waals surface area contributed by atoms with Crippen LogP contribution in [-0.4, -0.2) is 41.6 Å². The van der Waals surface area contributed by atoms with Gasteiger partial charge in [0.2, 0.25) is 5.91 Å². The van der Waals surface area contributed by atoms with Crippen LogP contribution in [0.25, 0.3) is 0 Å². The van der Waals surface area contributed by atoms with Crippen LogP contribution in [-0.2, 0) is 16.1 Å². The van der Waals surface area contributed by atoms with Crippen LogP contribution in [0.3, 0.4) is 0 Å². The van der Waals surface area contributed by atoms with E-state index < -0.39 is 6.09 Å². The Labute approximate surface area is 105 Å². The van der Waals surface area contributed by atoms with E-state index in [1.165, 1.54) is 4.90 Å². The van der Waals surface area contributed by atoms with Crippen LogP contribution in [0.5, 0.6) is 0 Å². The predicted octanol–water partition coefficient (Wildman–Crippen LogP) is 0.540. The zero-order valence-electron chi connectivity index (χ0n) is 9.96. The van der Waals surface area contributed by atoms with Gasteiger partial charge in [-0.15, -0.1) is 0 Å². The average molecular weight is 249 g/mol. The minimum atomic E-state index is -0.416. The lowest BCUT2D eigenvalue weighted by molar-refractivity contribution is -0.122. The molecule has 0 bridgehead atoms. The lowest BCUT2D eigenvalue weighted by Crippen LogP contribution is -2.44. The molecule has 1 saturated heterocycles. The standard InChI is InChI=1S/C12H15N3O3/c16-11(9-15-6-1-7-18-12(15)17)14-8-10-2-4-13-5-3-10/h2-5H,1,6-9H2,(H,14,16). The summed E-state index contributed by atoms with van der Waals surface area (Å²) >= 11 is 0. The van der Waals surface area contributed by atoms with Crippen LogP contribution < -0.4 is 5.32 Å². The fourth-order valence-corrected chi connectivity index (χ4v) is 1.67. The quantitative estimate of drug-likeness (QED) is 0.845. The minimum absolute atomic E-state index is 0.0456. The molecule has 18 heavy (non-hydrogen) atoms. The summed E-state index contributed by atoms with van der Waals surface area (Å²) in [6.45, 7) is 1.49. The number of aromatic nitrogens is 1. The number of pyridine rings is 1. The van der Waals surface area contributed by atoms with E-state index in [1.807, 2.05) is 12.1 Å². The number of hydrogen-bond donors (Lipinski definition) is 1. The van der Waals surface area contributed by atoms with Crippen molar-refractivity contribution in [1.82, 2.24) is 15.2 Å². The SMILES string of the molecule is O=C(CN1CCCOC1=O)NCc1ccncc1. The van der Waals surface area contributed by atoms with Crippen molar-refractivity contribution in [2.75, 3.05) is 19.7 Å². The maximum Gasteiger partial charge on any atom is 0.410 e. The Morgan fingerprint density at radius 3 is 2.94 bits per heavy atom. The van der Waals surface area contributed by atoms with Crippen molar-refractivity contribution in [3.63, 3.8) is 0 Å². The molecule has 0 aliphatic carbocycles. The van der Waals surface area contributed by atoms with Gasteiger partial charge in [0.1, 0.15) is 6.54 Å². The Morgan fingerprint density at radius 1 is 1.44 bits per heavy atom. The van der Waals surface area contributed by atoms with Crippen LogP contribution in [0.1, 0.15) is 12.0 Å². The van der Waals surface area contributed by atoms with Crippen molar-refractivity contribution >= 4 is 12.0 Å². The van der Waals surface area contributed by atoms with E-state index in [4.69, 9.17) is 4.74 Å². The van der Waals surface area contributed by atoms with Gasteiger partial charge < -0.3 is 10.1 Å². The molecule has 96 valence electrons. The molecule has 1 aliphatic heterocycles. The van der Waals surface area contributed by atoms with E-state index in [-0.39, 0.29) is 12.5 Å². The molecule has 1 N–H and O–H groups in total. The fraction of sp³-hybridized carbons (Fsp3) is 0.417. The molecule has 6 nitrogen and oxygen atoms in total. The van der Waals surface area contributed by atoms with Crippen molar-refractivity contribution < 1.29 is 14.3 Å². The Kier molecular flexibility index (Phi) is 4.11. The summed E-state index contributed by atoms with van der Waals surface area (Å²) in [6.07, 6.45) is 3.69. The Hall–Kier alpha value is -2.11. The Bertz CT molecular complexity index is 422. The number of hydrogen-bond acceptors (Lipinski definition) is 4. The monoisotopic (exact) mass is 249 g/mol. The van der Waals surface area contributed by atoms with Gasteiger partial charge in [-0.3, -0.25) is 14.7 Å². The molecule has 0 radical (unpaired) electrons. The zero-order valence-corrected chi connectivity index (χ0v) is 9.96. The van der Waals surface area contributed by atoms with Crippen LogP contribution in [0.2, 0.25) is 0 Å². The van der Waals surface area contributed by atoms with E-state index in [9.17, 15) is 9.59 Å². The number of amides is 2. The second-order valence-electron chi connectivity index (χ2n) is 4.02. The molecule has 0 atom stereocenters. The molecule has 2 rings (SSSR count). The van der Waals surface area contributed by atoms with Crippen LogP contribution in [0, 0.1) is 0 Å². The molecule has 2 heterocycles. The molecule has 0 unspecified atom stereocenters. The highest BCUT2D eigenvalue weighted by Crippen LogP contribution is 2.03. The molecule has 1 aromatic heterocycles. The molecule has 0 saturated carbocycles. The van der Waals surface area contributed by atoms with Gasteiger partial charge in [-0.1, -0.05) is 0 Å². The van der Waals surface area contributed by atoms with Crippen LogP contribution in [0.4, 0.5) is 4.79 Å². The molecule has 1 aromatic rings. The van der Waals surface area contributed by atoms with E-state index in [2.05, 4.69) is 10.3 Å². The largest absolute Gasteiger partial charge is 0.449 e. The summed E-state index contributed by atoms with van der Waals surface area (Å²) in [7, 11) is 0. The smallest absolute Gasteiger partial charge is 0.410 e. The second-order valence-corrected chi connectivity index (χ2v) is 4.02. The maximum atomic E-state index is 11.7. The summed E-state index contributed by atoms with van der Waals surface area (Å²) in [6, 6.07) is 3.66. The summed E-state index contributed by atoms with van der Waals surface area (Å²) in [4.78, 5) is 28.3. The number of carbonyl (C=O) groups is 2. The van der Waals surface area contributed by atoms with Crippen molar-refractivity contribution in [2.24, 2.45) is 0 Å². The first-order chi connectivity index (χ1) is 8.75. The van der Waals surface area contributed by atoms with E-state index in [0.29, 0.717) is 19.7 Å². The molecular formula is C12H15N3O3. The van der Waals surface area contributed by atoms with E-state index in [1.54, 1.807) is 12.4 Å². The molecule has 0 spiro atoms. The number of rotatable bonds is 4. The van der Waals surface area contributed by atoms with Crippen molar-refractivity contribution in [3.05, 3.63) is 30.1 Å². The van der Waals surface area contributed by atoms with Gasteiger partial charge in [0.05, 0.1) is 6.61 Å². The molecular weight excluding hydrogens is 234 g/mol. The van der Waals surface area contributed by atoms with Crippen LogP contribution in [0.15, 0.2) is 24.5 Å². The van der Waals surface area contributed by atoms with Gasteiger partial charge in [0, 0.05) is 25.5 Å². The molecule has 2 amide bonds. The van der Waals surface area contributed by atoms with E-state index in [0.717, 1.165) is 12.0 Å². The predicted molar refractivity (Wildman–Crippen MR) is 63.6 cm³/mol. The van der Waals surface area contributed by atoms with Gasteiger partial charge in [0.25, 0.3) is 0 Å². The van der Waals surface area contributed by atoms with Crippen molar-refractivity contribution in [3.8, 4) is 0 Å². The second kappa shape index (κ2) is 6.00. The third-order valence-electron chi connectivity index (χ3n) is 2.63. The topological polar surface area (TPSA) is 71.5 Å². The third-order valence-corrected chi connectivity index (χ3v) is 2.63. The Balaban J connectivity index is 1.76. The number of carbonyl (C=O) groups excluding carboxylic acids is 2. The highest BCUT2D eigenvalue weighted by atomic mass is 16.6. The molecule has 1 aliphatic rings. The first-order valence-electron chi connectivity index (χ1n) is 5.83. The van der Waals surface area contributed by atoms with E-state index >= 15 is 0 Å². The summed E-state index contributed by atoms with van der Waals surface area (Å²) < 4.78 is 4.85. The molecule has 1 fully saturated rings. The normalized spacial score (nSPS) is 15.1. The van der Waals surface area contributed by atoms with Crippen molar-refractivity contribution in [1.29, 1.82) is 0 Å². The maximum absolute atomic E-state index is 11.7. The van der Waals surface area contributed by atoms with Crippen molar-refractivity contribution in [2.45, 2.75) is 13.0 Å². The molecule has 6 heteroatoms. The minimum Gasteiger partial charge on any atom is -0.449 e. The first kappa shape index (κ1) is 12.3. The number of ether oxygens (including phenoxy) is 1. The summed E-state index contributed by atoms with van der Waals surface area (Å²) in [5, 5.41) is 2.75. The lowest BCUT2D eigenvalue weighted by Gasteiger charge is -2.25. The van der Waals surface area contributed by atoms with Gasteiger partial charge in [-0.05, 0) is 24.1 Å². The molecule has 0 aromatic carbocycles. The average Bonchev–Trinajstić information content (AvgIpc) is 2.40. The number of cyclic esters (lactones) is 1. The number of nitrogens with one attached hydrogen (secondary N) is 1. The van der Waals surface area contributed by atoms with Gasteiger partial charge in [-0.2, -0.15) is 0 Å². The Morgan fingerprint density at radius 2 is 2.22 bits per heavy atom. The number of nitrogens with zero attached hydrogens (tertiary/aromatic N) is 2. The fourth-order valence-electron chi connectivity index (χ4n) is 1.67. The van der Waals surface area contributed by atoms with Gasteiger partial charge in [0.15, 0.2) is 0 Å². The highest BCUT2D eigenvalue weighted by Gasteiger charge is 2.21. The van der Waals surface area contributed by atoms with Gasteiger partial charge in [-0.25, -0.2) is 4.79 Å². The highest BCUT2D eigenvalue weighted by molar-refractivity contribution is 5.82. The first-order valence-corrected chi connectivity index (χ1v) is 5.83. The zero-order chi connectivity index (χ0) is 12.8. The third kappa shape index (κ3) is 3.44. The lowest BCUT2D eigenvalue weighted by atomic mass is 10.2. The summed E-state index contributed by atoms with van der Waals surface area (Å²) in [5.74, 6) is -0.189.